The van der Waals surface area contributed by atoms with Crippen LogP contribution in [-0.4, -0.2) is 68.2 Å². The van der Waals surface area contributed by atoms with E-state index in [4.69, 9.17) is 4.74 Å². The Bertz CT molecular complexity index is 2840. The molecule has 2 atom stereocenters. The van der Waals surface area contributed by atoms with Gasteiger partial charge in [0.2, 0.25) is 0 Å². The smallest absolute Gasteiger partial charge is 0.497 e. The van der Waals surface area contributed by atoms with E-state index in [1.807, 2.05) is 49.4 Å². The van der Waals surface area contributed by atoms with Crippen LogP contribution in [0.25, 0.3) is 21.8 Å². The van der Waals surface area contributed by atoms with Crippen LogP contribution < -0.4 is 14.2 Å². The molecule has 10 nitrogen and oxygen atoms in total. The highest BCUT2D eigenvalue weighted by atomic mass is 19.3. The number of fused-ring (bicyclic) bond motifs is 3. The first-order valence-corrected chi connectivity index (χ1v) is 24.0. The molecule has 6 aromatic rings. The van der Waals surface area contributed by atoms with Gasteiger partial charge in [-0.25, -0.2) is 0 Å². The second-order valence-electron chi connectivity index (χ2n) is 20.9. The monoisotopic (exact) mass is 932 g/mol. The van der Waals surface area contributed by atoms with Gasteiger partial charge in [-0.3, -0.25) is 9.59 Å². The number of hydrogen-bond acceptors (Lipinski definition) is 8. The Morgan fingerprint density at radius 3 is 1.74 bits per heavy atom. The zero-order chi connectivity index (χ0) is 49.0. The molecule has 1 aliphatic heterocycles. The Balaban J connectivity index is 0.000000185. The minimum atomic E-state index is -3.69. The maximum absolute atomic E-state index is 13.4. The zero-order valence-electron chi connectivity index (χ0n) is 40.6. The van der Waals surface area contributed by atoms with Crippen LogP contribution in [0.3, 0.4) is 0 Å². The summed E-state index contributed by atoms with van der Waals surface area (Å²) in [4.78, 5) is 26.8. The van der Waals surface area contributed by atoms with Crippen molar-refractivity contribution in [2.45, 2.75) is 153 Å². The van der Waals surface area contributed by atoms with Crippen molar-refractivity contribution < 1.29 is 47.9 Å². The first kappa shape index (κ1) is 48.9. The third-order valence-electron chi connectivity index (χ3n) is 14.6. The fourth-order valence-electron chi connectivity index (χ4n) is 9.81. The minimum Gasteiger partial charge on any atom is -0.497 e. The molecule has 0 amide bonds. The minimum absolute atomic E-state index is 0.0286. The van der Waals surface area contributed by atoms with Gasteiger partial charge in [0.05, 0.1) is 43.3 Å². The van der Waals surface area contributed by atoms with Crippen LogP contribution in [-0.2, 0) is 57.2 Å². The summed E-state index contributed by atoms with van der Waals surface area (Å²) in [6.07, 6.45) is 0.472. The summed E-state index contributed by atoms with van der Waals surface area (Å²) in [5, 5.41) is 32.0. The van der Waals surface area contributed by atoms with E-state index in [2.05, 4.69) is 90.5 Å². The fourth-order valence-corrected chi connectivity index (χ4v) is 9.81. The number of ether oxygens (including phenoxy) is 3. The lowest BCUT2D eigenvalue weighted by molar-refractivity contribution is -0.286. The summed E-state index contributed by atoms with van der Waals surface area (Å²) in [7, 11) is 1.66. The Morgan fingerprint density at radius 2 is 1.22 bits per heavy atom. The van der Waals surface area contributed by atoms with Gasteiger partial charge in [0.1, 0.15) is 17.3 Å². The van der Waals surface area contributed by atoms with Gasteiger partial charge in [-0.15, -0.1) is 8.78 Å². The Kier molecular flexibility index (Phi) is 13.2. The molecule has 0 bridgehead atoms. The van der Waals surface area contributed by atoms with Gasteiger partial charge in [0.25, 0.3) is 0 Å². The number of methoxy groups -OCH3 is 1. The van der Waals surface area contributed by atoms with Gasteiger partial charge in [-0.05, 0) is 121 Å². The third kappa shape index (κ3) is 9.69. The van der Waals surface area contributed by atoms with Gasteiger partial charge in [-0.2, -0.15) is 0 Å². The van der Waals surface area contributed by atoms with E-state index in [0.29, 0.717) is 31.4 Å². The van der Waals surface area contributed by atoms with E-state index < -0.39 is 17.8 Å². The van der Waals surface area contributed by atoms with Crippen molar-refractivity contribution in [1.82, 2.24) is 9.13 Å². The SMILES string of the molecule is CCC(C)(C)c1cc2cc(CC(=O)C3(c4ccc5c(c4)OC(F)(F)O5)CC3)ccc2n1C[C@@H](O)CO.CC[C@H](O)Cn1c(C(C)(C)C)cc2cc(CC(=O)C3(c4cccc(OC)c4)CC3)ccc21. The van der Waals surface area contributed by atoms with Gasteiger partial charge >= 0.3 is 6.29 Å². The molecule has 4 aromatic carbocycles. The molecule has 0 radical (unpaired) electrons. The topological polar surface area (TPSA) is 132 Å². The molecule has 68 heavy (non-hydrogen) atoms. The standard InChI is InChI=1S/C28H31F2NO5.C28H35NO3/c1-4-26(2,3)24-13-18-11-17(5-7-21(18)31(24)15-20(33)16-32)12-25(34)27(9-10-27)19-6-8-22-23(14-19)36-28(29,30)35-22;1-6-22(30)18-29-24-11-10-19(14-20(24)16-25(29)27(2,3)4)15-26(31)28(12-13-28)21-8-7-9-23(17-21)32-5/h5-8,11,13-14,20,32-33H,4,9-10,12,15-16H2,1-3H3;7-11,14,16-17,22,30H,6,12-13,15,18H2,1-5H3/t20-;22-/m10/s1. The van der Waals surface area contributed by atoms with Crippen LogP contribution in [0.2, 0.25) is 0 Å². The first-order valence-electron chi connectivity index (χ1n) is 24.0. The summed E-state index contributed by atoms with van der Waals surface area (Å²) in [5.74, 6) is 1.04. The molecule has 2 aromatic heterocycles. The molecular formula is C56H66F2N2O8. The van der Waals surface area contributed by atoms with Crippen LogP contribution in [0.15, 0.2) is 91.0 Å². The Morgan fingerprint density at radius 1 is 0.691 bits per heavy atom. The number of carbonyl (C=O) groups excluding carboxylic acids is 2. The van der Waals surface area contributed by atoms with E-state index >= 15 is 0 Å². The molecule has 0 saturated heterocycles. The summed E-state index contributed by atoms with van der Waals surface area (Å²) < 4.78 is 45.6. The average Bonchev–Trinajstić information content (AvgIpc) is 4.21. The van der Waals surface area contributed by atoms with E-state index in [1.165, 1.54) is 17.8 Å². The number of alkyl halides is 2. The van der Waals surface area contributed by atoms with Gasteiger partial charge in [0.15, 0.2) is 11.5 Å². The molecule has 0 unspecified atom stereocenters. The lowest BCUT2D eigenvalue weighted by atomic mass is 9.86. The number of aliphatic hydroxyl groups is 3. The van der Waals surface area contributed by atoms with Crippen LogP contribution in [0.4, 0.5) is 8.78 Å². The number of halogens is 2. The molecular weight excluding hydrogens is 867 g/mol. The van der Waals surface area contributed by atoms with Crippen molar-refractivity contribution in [3.05, 3.63) is 125 Å². The third-order valence-corrected chi connectivity index (χ3v) is 14.6. The van der Waals surface area contributed by atoms with Gasteiger partial charge in [0, 0.05) is 63.4 Å². The van der Waals surface area contributed by atoms with Crippen molar-refractivity contribution in [1.29, 1.82) is 0 Å². The predicted molar refractivity (Wildman–Crippen MR) is 260 cm³/mol. The number of ketones is 2. The molecule has 2 aliphatic carbocycles. The molecule has 362 valence electrons. The predicted octanol–water partition coefficient (Wildman–Crippen LogP) is 10.4. The van der Waals surface area contributed by atoms with E-state index in [1.54, 1.807) is 13.2 Å². The van der Waals surface area contributed by atoms with Gasteiger partial charge in [-0.1, -0.05) is 78.8 Å². The number of carbonyl (C=O) groups is 2. The molecule has 9 rings (SSSR count). The molecule has 3 N–H and O–H groups in total. The van der Waals surface area contributed by atoms with Crippen molar-refractivity contribution in [2.24, 2.45) is 0 Å². The summed E-state index contributed by atoms with van der Waals surface area (Å²) in [6.45, 7) is 15.6. The molecule has 2 fully saturated rings. The summed E-state index contributed by atoms with van der Waals surface area (Å²) >= 11 is 0. The summed E-state index contributed by atoms with van der Waals surface area (Å²) in [6, 6.07) is 29.1. The largest absolute Gasteiger partial charge is 0.586 e. The number of benzene rings is 4. The number of aliphatic hydroxyl groups excluding tert-OH is 3. The fraction of sp³-hybridized carbons (Fsp3) is 0.464. The molecule has 3 aliphatic rings. The highest BCUT2D eigenvalue weighted by Gasteiger charge is 2.52. The van der Waals surface area contributed by atoms with E-state index in [9.17, 15) is 33.7 Å². The van der Waals surface area contributed by atoms with Crippen molar-refractivity contribution in [3.63, 3.8) is 0 Å². The summed E-state index contributed by atoms with van der Waals surface area (Å²) in [5.41, 5.74) is 6.74. The quantitative estimate of drug-likeness (QED) is 0.0824. The van der Waals surface area contributed by atoms with Crippen molar-refractivity contribution in [3.8, 4) is 17.2 Å². The van der Waals surface area contributed by atoms with E-state index in [0.717, 1.165) is 75.6 Å². The zero-order valence-corrected chi connectivity index (χ0v) is 40.6. The first-order chi connectivity index (χ1) is 32.2. The lowest BCUT2D eigenvalue weighted by Gasteiger charge is -2.26. The van der Waals surface area contributed by atoms with E-state index in [-0.39, 0.29) is 65.0 Å². The highest BCUT2D eigenvalue weighted by Crippen LogP contribution is 2.53. The second-order valence-corrected chi connectivity index (χ2v) is 20.9. The average molecular weight is 933 g/mol. The van der Waals surface area contributed by atoms with Gasteiger partial charge < -0.3 is 38.7 Å². The number of rotatable bonds is 17. The molecule has 3 heterocycles. The maximum Gasteiger partial charge on any atom is 0.586 e. The molecule has 12 heteroatoms. The Labute approximate surface area is 397 Å². The molecule has 0 spiro atoms. The number of Topliss-reactive ketones (excluding diaryl/α,β-unsaturated/α-hetero) is 2. The number of aromatic nitrogens is 2. The van der Waals surface area contributed by atoms with Crippen molar-refractivity contribution in [2.75, 3.05) is 13.7 Å². The van der Waals surface area contributed by atoms with Crippen LogP contribution in [0.5, 0.6) is 17.2 Å². The van der Waals surface area contributed by atoms with Crippen LogP contribution in [0, 0.1) is 0 Å². The van der Waals surface area contributed by atoms with Crippen LogP contribution >= 0.6 is 0 Å². The normalized spacial score (nSPS) is 17.4. The molecule has 2 saturated carbocycles. The number of hydrogen-bond donors (Lipinski definition) is 3. The lowest BCUT2D eigenvalue weighted by Crippen LogP contribution is -2.26. The number of nitrogens with zero attached hydrogens (tertiary/aromatic N) is 2. The highest BCUT2D eigenvalue weighted by molar-refractivity contribution is 5.96. The maximum atomic E-state index is 13.4. The van der Waals surface area contributed by atoms with Crippen LogP contribution in [0.1, 0.15) is 121 Å². The Hall–Kier alpha value is -5.56. The second kappa shape index (κ2) is 18.4. The van der Waals surface area contributed by atoms with Crippen molar-refractivity contribution >= 4 is 33.4 Å².